The highest BCUT2D eigenvalue weighted by molar-refractivity contribution is 6.31. The lowest BCUT2D eigenvalue weighted by molar-refractivity contribution is -0.165. The van der Waals surface area contributed by atoms with Crippen molar-refractivity contribution in [1.82, 2.24) is 0 Å². The zero-order chi connectivity index (χ0) is 33.0. The smallest absolute Gasteiger partial charge is 0.311 e. The molecule has 0 aromatic heterocycles. The van der Waals surface area contributed by atoms with Gasteiger partial charge in [0.05, 0.1) is 12.3 Å². The predicted octanol–water partition coefficient (Wildman–Crippen LogP) is 9.89. The van der Waals surface area contributed by atoms with Crippen LogP contribution in [0, 0.1) is 18.8 Å². The molecule has 5 heteroatoms. The summed E-state index contributed by atoms with van der Waals surface area (Å²) in [5.74, 6) is -1.83. The minimum atomic E-state index is -1.35. The fourth-order valence-corrected chi connectivity index (χ4v) is 7.01. The molecule has 3 atom stereocenters. The first-order chi connectivity index (χ1) is 22.8. The van der Waals surface area contributed by atoms with E-state index < -0.39 is 23.5 Å². The van der Waals surface area contributed by atoms with Crippen molar-refractivity contribution in [2.24, 2.45) is 11.8 Å². The summed E-state index contributed by atoms with van der Waals surface area (Å²) in [6, 6.07) is 41.6. The molecule has 0 N–H and O–H groups in total. The minimum absolute atomic E-state index is 0.0622. The molecule has 0 saturated heterocycles. The van der Waals surface area contributed by atoms with Gasteiger partial charge in [-0.25, -0.2) is 0 Å². The third-order valence-corrected chi connectivity index (χ3v) is 9.87. The Morgan fingerprint density at radius 3 is 1.91 bits per heavy atom. The van der Waals surface area contributed by atoms with Gasteiger partial charge in [0.25, 0.3) is 0 Å². The van der Waals surface area contributed by atoms with Crippen molar-refractivity contribution in [2.45, 2.75) is 45.1 Å². The van der Waals surface area contributed by atoms with Crippen LogP contribution in [0.2, 0.25) is 5.02 Å². The Kier molecular flexibility index (Phi) is 9.60. The first kappa shape index (κ1) is 32.3. The van der Waals surface area contributed by atoms with Gasteiger partial charge in [0.2, 0.25) is 0 Å². The Morgan fingerprint density at radius 2 is 1.30 bits per heavy atom. The van der Waals surface area contributed by atoms with Crippen LogP contribution in [0.5, 0.6) is 0 Å². The molecule has 6 rings (SSSR count). The second-order valence-corrected chi connectivity index (χ2v) is 12.8. The van der Waals surface area contributed by atoms with Crippen LogP contribution in [-0.2, 0) is 24.7 Å². The summed E-state index contributed by atoms with van der Waals surface area (Å²) in [6.07, 6.45) is 0.594. The molecule has 1 aliphatic rings. The van der Waals surface area contributed by atoms with Gasteiger partial charge < -0.3 is 9.47 Å². The molecule has 0 fully saturated rings. The van der Waals surface area contributed by atoms with Crippen molar-refractivity contribution in [1.29, 1.82) is 0 Å². The normalized spacial score (nSPS) is 14.7. The molecule has 0 aliphatic heterocycles. The van der Waals surface area contributed by atoms with Gasteiger partial charge in [-0.15, -0.1) is 0 Å². The molecule has 0 saturated carbocycles. The summed E-state index contributed by atoms with van der Waals surface area (Å²) in [6.45, 7) is 6.21. The fourth-order valence-electron chi connectivity index (χ4n) is 6.74. The van der Waals surface area contributed by atoms with Crippen molar-refractivity contribution in [3.05, 3.63) is 166 Å². The number of halogens is 1. The van der Waals surface area contributed by atoms with E-state index in [-0.39, 0.29) is 24.9 Å². The van der Waals surface area contributed by atoms with Crippen molar-refractivity contribution < 1.29 is 19.1 Å². The van der Waals surface area contributed by atoms with E-state index in [1.807, 2.05) is 118 Å². The molecule has 0 radical (unpaired) electrons. The van der Waals surface area contributed by atoms with Gasteiger partial charge in [-0.2, -0.15) is 0 Å². The molecule has 1 aliphatic carbocycles. The zero-order valence-corrected chi connectivity index (χ0v) is 27.7. The standard InChI is InChI=1S/C42H39ClO4/c1-4-29(3)36(26-40(44)46-27-37-34-18-10-8-16-32(34)33-17-9-11-19-35(33)37)41(45)47-42(30-14-6-5-7-15-30,31-24-22-28(2)23-25-31)38-20-12-13-21-39(38)43/h5-25,29,36-37H,4,26-27H2,1-3H3/t29-,36-,42?/m0/s1. The lowest BCUT2D eigenvalue weighted by atomic mass is 9.79. The summed E-state index contributed by atoms with van der Waals surface area (Å²) in [5, 5.41) is 0.473. The average Bonchev–Trinajstić information content (AvgIpc) is 3.43. The Morgan fingerprint density at radius 1 is 0.745 bits per heavy atom. The number of hydrogen-bond donors (Lipinski definition) is 0. The molecule has 0 amide bonds. The average molecular weight is 643 g/mol. The molecule has 5 aromatic carbocycles. The van der Waals surface area contributed by atoms with E-state index in [0.717, 1.165) is 38.9 Å². The van der Waals surface area contributed by atoms with Gasteiger partial charge in [0.1, 0.15) is 6.61 Å². The topological polar surface area (TPSA) is 52.6 Å². The van der Waals surface area contributed by atoms with E-state index in [0.29, 0.717) is 17.0 Å². The van der Waals surface area contributed by atoms with Gasteiger partial charge >= 0.3 is 11.9 Å². The van der Waals surface area contributed by atoms with Gasteiger partial charge in [0, 0.05) is 27.6 Å². The van der Waals surface area contributed by atoms with Crippen molar-refractivity contribution in [3.8, 4) is 11.1 Å². The maximum absolute atomic E-state index is 14.5. The highest BCUT2D eigenvalue weighted by Crippen LogP contribution is 2.46. The van der Waals surface area contributed by atoms with E-state index in [2.05, 4.69) is 24.3 Å². The van der Waals surface area contributed by atoms with Crippen molar-refractivity contribution in [2.75, 3.05) is 6.61 Å². The minimum Gasteiger partial charge on any atom is -0.465 e. The summed E-state index contributed by atoms with van der Waals surface area (Å²) >= 11 is 6.89. The first-order valence-corrected chi connectivity index (χ1v) is 16.7. The Bertz CT molecular complexity index is 1820. The summed E-state index contributed by atoms with van der Waals surface area (Å²) in [4.78, 5) is 28.1. The summed E-state index contributed by atoms with van der Waals surface area (Å²) in [7, 11) is 0. The summed E-state index contributed by atoms with van der Waals surface area (Å²) in [5.41, 5.74) is 6.51. The third kappa shape index (κ3) is 6.35. The van der Waals surface area contributed by atoms with Crippen LogP contribution in [0.4, 0.5) is 0 Å². The summed E-state index contributed by atoms with van der Waals surface area (Å²) < 4.78 is 12.7. The molecule has 1 unspecified atom stereocenters. The third-order valence-electron chi connectivity index (χ3n) is 9.54. The lowest BCUT2D eigenvalue weighted by Gasteiger charge is -2.37. The highest BCUT2D eigenvalue weighted by Gasteiger charge is 2.44. The van der Waals surface area contributed by atoms with Crippen molar-refractivity contribution in [3.63, 3.8) is 0 Å². The quantitative estimate of drug-likeness (QED) is 0.106. The monoisotopic (exact) mass is 642 g/mol. The molecule has 5 aromatic rings. The van der Waals surface area contributed by atoms with Crippen LogP contribution in [0.25, 0.3) is 11.1 Å². The molecule has 0 heterocycles. The maximum atomic E-state index is 14.5. The molecule has 238 valence electrons. The maximum Gasteiger partial charge on any atom is 0.311 e. The molecular weight excluding hydrogens is 604 g/mol. The first-order valence-electron chi connectivity index (χ1n) is 16.3. The predicted molar refractivity (Wildman–Crippen MR) is 187 cm³/mol. The number of hydrogen-bond acceptors (Lipinski definition) is 4. The number of rotatable bonds is 11. The number of fused-ring (bicyclic) bond motifs is 3. The van der Waals surface area contributed by atoms with Crippen LogP contribution >= 0.6 is 11.6 Å². The van der Waals surface area contributed by atoms with Crippen LogP contribution < -0.4 is 0 Å². The fraction of sp³-hybridized carbons (Fsp3) is 0.238. The molecule has 47 heavy (non-hydrogen) atoms. The molecule has 0 bridgehead atoms. The lowest BCUT2D eigenvalue weighted by Crippen LogP contribution is -2.39. The number of benzene rings is 5. The van der Waals surface area contributed by atoms with Crippen LogP contribution in [0.3, 0.4) is 0 Å². The highest BCUT2D eigenvalue weighted by atomic mass is 35.5. The van der Waals surface area contributed by atoms with E-state index in [1.165, 1.54) is 0 Å². The van der Waals surface area contributed by atoms with Gasteiger partial charge in [-0.3, -0.25) is 9.59 Å². The van der Waals surface area contributed by atoms with E-state index in [9.17, 15) is 9.59 Å². The van der Waals surface area contributed by atoms with Crippen LogP contribution in [-0.4, -0.2) is 18.5 Å². The largest absolute Gasteiger partial charge is 0.465 e. The van der Waals surface area contributed by atoms with Gasteiger partial charge in [0.15, 0.2) is 5.60 Å². The molecule has 4 nitrogen and oxygen atoms in total. The number of esters is 2. The Balaban J connectivity index is 1.31. The number of ether oxygens (including phenoxy) is 2. The second kappa shape index (κ2) is 14.0. The number of carbonyl (C=O) groups excluding carboxylic acids is 2. The van der Waals surface area contributed by atoms with Crippen molar-refractivity contribution >= 4 is 23.5 Å². The Labute approximate surface area is 282 Å². The second-order valence-electron chi connectivity index (χ2n) is 12.4. The zero-order valence-electron chi connectivity index (χ0n) is 27.0. The van der Waals surface area contributed by atoms with Crippen LogP contribution in [0.15, 0.2) is 127 Å². The molecule has 0 spiro atoms. The molecular formula is C42H39ClO4. The van der Waals surface area contributed by atoms with Crippen LogP contribution in [0.1, 0.15) is 66.0 Å². The van der Waals surface area contributed by atoms with Gasteiger partial charge in [-0.05, 0) is 41.2 Å². The van der Waals surface area contributed by atoms with Gasteiger partial charge in [-0.1, -0.05) is 159 Å². The van der Waals surface area contributed by atoms with E-state index in [4.69, 9.17) is 21.1 Å². The number of carbonyl (C=O) groups is 2. The van der Waals surface area contributed by atoms with E-state index >= 15 is 0 Å². The number of aryl methyl sites for hydroxylation is 1. The SMILES string of the molecule is CC[C@H](C)[C@H](CC(=O)OCC1c2ccccc2-c2ccccc21)C(=O)OC(c1ccccc1)(c1ccc(C)cc1)c1ccccc1Cl. The van der Waals surface area contributed by atoms with E-state index in [1.54, 1.807) is 6.07 Å². The Hall–Kier alpha value is -4.67.